The van der Waals surface area contributed by atoms with Gasteiger partial charge in [-0.2, -0.15) is 0 Å². The lowest BCUT2D eigenvalue weighted by atomic mass is 10.1. The molecule has 0 spiro atoms. The number of amides is 1. The van der Waals surface area contributed by atoms with Crippen molar-refractivity contribution in [2.24, 2.45) is 0 Å². The predicted octanol–water partition coefficient (Wildman–Crippen LogP) is 4.55. The number of halogens is 2. The van der Waals surface area contributed by atoms with Gasteiger partial charge >= 0.3 is 0 Å². The lowest BCUT2D eigenvalue weighted by molar-refractivity contribution is -0.118. The molecular formula is C21H19ClFN3O2. The van der Waals surface area contributed by atoms with Crippen molar-refractivity contribution >= 4 is 29.0 Å². The summed E-state index contributed by atoms with van der Waals surface area (Å²) in [7, 11) is 0. The second kappa shape index (κ2) is 9.71. The largest absolute Gasteiger partial charge is 0.484 e. The van der Waals surface area contributed by atoms with E-state index in [1.165, 1.54) is 6.07 Å². The molecule has 3 aromatic rings. The molecule has 0 saturated heterocycles. The van der Waals surface area contributed by atoms with Crippen molar-refractivity contribution in [3.05, 3.63) is 83.3 Å². The summed E-state index contributed by atoms with van der Waals surface area (Å²) >= 11 is 5.80. The Labute approximate surface area is 167 Å². The van der Waals surface area contributed by atoms with Crippen LogP contribution in [0.1, 0.15) is 5.56 Å². The first-order valence-corrected chi connectivity index (χ1v) is 9.09. The Morgan fingerprint density at radius 2 is 1.86 bits per heavy atom. The third-order valence-electron chi connectivity index (χ3n) is 3.90. The van der Waals surface area contributed by atoms with Gasteiger partial charge in [0.05, 0.1) is 11.9 Å². The van der Waals surface area contributed by atoms with Crippen LogP contribution >= 0.6 is 11.6 Å². The predicted molar refractivity (Wildman–Crippen MR) is 108 cm³/mol. The van der Waals surface area contributed by atoms with Gasteiger partial charge in [-0.05, 0) is 54.4 Å². The van der Waals surface area contributed by atoms with Crippen LogP contribution in [0, 0.1) is 5.82 Å². The summed E-state index contributed by atoms with van der Waals surface area (Å²) < 4.78 is 19.0. The number of anilines is 2. The first-order valence-electron chi connectivity index (χ1n) is 8.72. The van der Waals surface area contributed by atoms with Crippen LogP contribution in [0.4, 0.5) is 15.9 Å². The van der Waals surface area contributed by atoms with Crippen molar-refractivity contribution in [1.29, 1.82) is 0 Å². The Morgan fingerprint density at radius 1 is 1.07 bits per heavy atom. The highest BCUT2D eigenvalue weighted by Crippen LogP contribution is 2.16. The molecule has 0 fully saturated rings. The number of nitrogens with one attached hydrogen (secondary N) is 2. The number of benzene rings is 2. The van der Waals surface area contributed by atoms with Crippen molar-refractivity contribution in [2.45, 2.75) is 6.42 Å². The molecule has 3 rings (SSSR count). The molecule has 144 valence electrons. The van der Waals surface area contributed by atoms with E-state index in [0.717, 1.165) is 5.69 Å². The number of nitrogens with zero attached hydrogens (tertiary/aromatic N) is 1. The molecule has 5 nitrogen and oxygen atoms in total. The van der Waals surface area contributed by atoms with Crippen molar-refractivity contribution in [2.75, 3.05) is 23.8 Å². The van der Waals surface area contributed by atoms with Crippen molar-refractivity contribution in [1.82, 2.24) is 4.98 Å². The molecule has 1 aromatic heterocycles. The summed E-state index contributed by atoms with van der Waals surface area (Å²) in [6.07, 6.45) is 2.17. The van der Waals surface area contributed by atoms with Crippen LogP contribution in [0.15, 0.2) is 66.9 Å². The van der Waals surface area contributed by atoms with E-state index in [2.05, 4.69) is 15.6 Å². The van der Waals surface area contributed by atoms with Gasteiger partial charge in [0.25, 0.3) is 5.91 Å². The standard InChI is InChI=1S/C21H19ClFN3O2/c22-16-5-8-18(9-6-16)28-14-21(27)26-20-10-7-17(13-25-20)24-12-11-15-3-1-2-4-19(15)23/h1-10,13,24H,11-12,14H2,(H,25,26,27). The summed E-state index contributed by atoms with van der Waals surface area (Å²) in [5, 5.41) is 6.44. The van der Waals surface area contributed by atoms with E-state index < -0.39 is 0 Å². The Morgan fingerprint density at radius 3 is 2.57 bits per heavy atom. The van der Waals surface area contributed by atoms with Crippen molar-refractivity contribution in [3.8, 4) is 5.75 Å². The van der Waals surface area contributed by atoms with E-state index in [1.807, 2.05) is 6.07 Å². The number of carbonyl (C=O) groups is 1. The van der Waals surface area contributed by atoms with Gasteiger partial charge in [-0.25, -0.2) is 9.37 Å². The van der Waals surface area contributed by atoms with Gasteiger partial charge in [0.1, 0.15) is 17.4 Å². The first-order chi connectivity index (χ1) is 13.6. The van der Waals surface area contributed by atoms with Gasteiger partial charge in [-0.3, -0.25) is 4.79 Å². The van der Waals surface area contributed by atoms with E-state index >= 15 is 0 Å². The molecule has 0 atom stereocenters. The second-order valence-corrected chi connectivity index (χ2v) is 6.43. The molecule has 0 bridgehead atoms. The Kier molecular flexibility index (Phi) is 6.81. The fraction of sp³-hybridized carbons (Fsp3) is 0.143. The third-order valence-corrected chi connectivity index (χ3v) is 4.15. The molecule has 0 unspecified atom stereocenters. The van der Waals surface area contributed by atoms with Crippen LogP contribution < -0.4 is 15.4 Å². The van der Waals surface area contributed by atoms with Crippen LogP contribution in [0.3, 0.4) is 0 Å². The Hall–Kier alpha value is -3.12. The Balaban J connectivity index is 1.42. The molecule has 7 heteroatoms. The zero-order valence-electron chi connectivity index (χ0n) is 15.0. The summed E-state index contributed by atoms with van der Waals surface area (Å²) in [5.41, 5.74) is 1.44. The molecule has 0 aliphatic heterocycles. The second-order valence-electron chi connectivity index (χ2n) is 5.99. The number of hydrogen-bond acceptors (Lipinski definition) is 4. The molecule has 1 amide bonds. The van der Waals surface area contributed by atoms with Gasteiger partial charge in [-0.15, -0.1) is 0 Å². The van der Waals surface area contributed by atoms with Gasteiger partial charge < -0.3 is 15.4 Å². The smallest absolute Gasteiger partial charge is 0.263 e. The number of carbonyl (C=O) groups excluding carboxylic acids is 1. The molecule has 28 heavy (non-hydrogen) atoms. The zero-order valence-corrected chi connectivity index (χ0v) is 15.7. The average molecular weight is 400 g/mol. The van der Waals surface area contributed by atoms with Crippen molar-refractivity contribution < 1.29 is 13.9 Å². The summed E-state index contributed by atoms with van der Waals surface area (Å²) in [4.78, 5) is 16.1. The average Bonchev–Trinajstić information content (AvgIpc) is 2.70. The maximum atomic E-state index is 13.6. The molecule has 0 saturated carbocycles. The molecule has 2 aromatic carbocycles. The molecule has 1 heterocycles. The molecule has 0 aliphatic carbocycles. The molecule has 0 radical (unpaired) electrons. The maximum Gasteiger partial charge on any atom is 0.263 e. The number of pyridine rings is 1. The normalized spacial score (nSPS) is 10.4. The number of ether oxygens (including phenoxy) is 1. The lowest BCUT2D eigenvalue weighted by Gasteiger charge is -2.09. The monoisotopic (exact) mass is 399 g/mol. The highest BCUT2D eigenvalue weighted by Gasteiger charge is 2.05. The van der Waals surface area contributed by atoms with E-state index in [9.17, 15) is 9.18 Å². The summed E-state index contributed by atoms with van der Waals surface area (Å²) in [6, 6.07) is 16.9. The topological polar surface area (TPSA) is 63.2 Å². The number of hydrogen-bond donors (Lipinski definition) is 2. The van der Waals surface area contributed by atoms with Gasteiger partial charge in [0, 0.05) is 11.6 Å². The highest BCUT2D eigenvalue weighted by atomic mass is 35.5. The zero-order chi connectivity index (χ0) is 19.8. The third kappa shape index (κ3) is 5.96. The number of aromatic nitrogens is 1. The summed E-state index contributed by atoms with van der Waals surface area (Å²) in [6.45, 7) is 0.440. The quantitative estimate of drug-likeness (QED) is 0.583. The van der Waals surface area contributed by atoms with Gasteiger partial charge in [0.2, 0.25) is 0 Å². The van der Waals surface area contributed by atoms with Crippen LogP contribution in [0.2, 0.25) is 5.02 Å². The SMILES string of the molecule is O=C(COc1ccc(Cl)cc1)Nc1ccc(NCCc2ccccc2F)cn1. The highest BCUT2D eigenvalue weighted by molar-refractivity contribution is 6.30. The Bertz CT molecular complexity index is 918. The minimum absolute atomic E-state index is 0.133. The molecule has 0 aliphatic rings. The fourth-order valence-corrected chi connectivity index (χ4v) is 2.60. The van der Waals surface area contributed by atoms with E-state index in [1.54, 1.807) is 54.7 Å². The minimum atomic E-state index is -0.317. The summed E-state index contributed by atoms with van der Waals surface area (Å²) in [5.74, 6) is 0.454. The van der Waals surface area contributed by atoms with Crippen LogP contribution in [0.25, 0.3) is 0 Å². The fourth-order valence-electron chi connectivity index (χ4n) is 2.47. The van der Waals surface area contributed by atoms with Crippen LogP contribution in [-0.4, -0.2) is 24.0 Å². The van der Waals surface area contributed by atoms with E-state index in [0.29, 0.717) is 35.1 Å². The van der Waals surface area contributed by atoms with Gasteiger partial charge in [-0.1, -0.05) is 29.8 Å². The molecule has 2 N–H and O–H groups in total. The van der Waals surface area contributed by atoms with Crippen LogP contribution in [-0.2, 0) is 11.2 Å². The first kappa shape index (κ1) is 19.6. The number of rotatable bonds is 8. The van der Waals surface area contributed by atoms with Crippen molar-refractivity contribution in [3.63, 3.8) is 0 Å². The lowest BCUT2D eigenvalue weighted by Crippen LogP contribution is -2.20. The molecular weight excluding hydrogens is 381 g/mol. The minimum Gasteiger partial charge on any atom is -0.484 e. The van der Waals surface area contributed by atoms with Crippen LogP contribution in [0.5, 0.6) is 5.75 Å². The maximum absolute atomic E-state index is 13.6. The van der Waals surface area contributed by atoms with Gasteiger partial charge in [0.15, 0.2) is 6.61 Å². The van der Waals surface area contributed by atoms with E-state index in [-0.39, 0.29) is 18.3 Å². The van der Waals surface area contributed by atoms with E-state index in [4.69, 9.17) is 16.3 Å².